The van der Waals surface area contributed by atoms with Crippen LogP contribution in [0.25, 0.3) is 11.1 Å². The normalized spacial score (nSPS) is 17.9. The van der Waals surface area contributed by atoms with Crippen molar-refractivity contribution in [3.05, 3.63) is 34.3 Å². The number of hydrazone groups is 1. The van der Waals surface area contributed by atoms with Gasteiger partial charge in [0.05, 0.1) is 16.8 Å². The number of thioether (sulfide) groups is 1. The molecule has 0 fully saturated rings. The number of fused-ring (bicyclic) bond motifs is 1. The Morgan fingerprint density at radius 2 is 2.19 bits per heavy atom. The SMILES string of the molecule is CC(C)(C)N=C1NN=C(c2ccc3[nH]c(=O)oc3c2)CS1. The number of nitrogens with zero attached hydrogens (tertiary/aromatic N) is 2. The highest BCUT2D eigenvalue weighted by molar-refractivity contribution is 8.14. The Balaban J connectivity index is 1.87. The van der Waals surface area contributed by atoms with Crippen LogP contribution >= 0.6 is 11.8 Å². The van der Waals surface area contributed by atoms with Gasteiger partial charge in [-0.25, -0.2) is 4.79 Å². The van der Waals surface area contributed by atoms with Crippen molar-refractivity contribution >= 4 is 33.7 Å². The van der Waals surface area contributed by atoms with Gasteiger partial charge in [0, 0.05) is 11.3 Å². The Hall–Kier alpha value is -2.02. The van der Waals surface area contributed by atoms with E-state index < -0.39 is 5.76 Å². The maximum atomic E-state index is 11.2. The van der Waals surface area contributed by atoms with E-state index in [0.717, 1.165) is 22.2 Å². The molecule has 0 aliphatic carbocycles. The van der Waals surface area contributed by atoms with Gasteiger partial charge in [0.1, 0.15) is 0 Å². The van der Waals surface area contributed by atoms with Crippen LogP contribution in [-0.4, -0.2) is 27.2 Å². The smallest absolute Gasteiger partial charge is 0.408 e. The standard InChI is InChI=1S/C14H16N4O2S/c1-14(2,3)16-12-18-17-10(7-21-12)8-4-5-9-11(6-8)20-13(19)15-9/h4-6H,7H2,1-3H3,(H,15,19)(H,16,18). The van der Waals surface area contributed by atoms with Crippen LogP contribution in [0.5, 0.6) is 0 Å². The first-order valence-corrected chi connectivity index (χ1v) is 7.58. The highest BCUT2D eigenvalue weighted by Gasteiger charge is 2.17. The summed E-state index contributed by atoms with van der Waals surface area (Å²) in [4.78, 5) is 18.3. The zero-order valence-electron chi connectivity index (χ0n) is 12.1. The van der Waals surface area contributed by atoms with E-state index >= 15 is 0 Å². The minimum absolute atomic E-state index is 0.129. The largest absolute Gasteiger partial charge is 0.417 e. The molecule has 0 atom stereocenters. The lowest BCUT2D eigenvalue weighted by atomic mass is 10.1. The van der Waals surface area contributed by atoms with Crippen LogP contribution in [0.15, 0.2) is 37.5 Å². The molecular formula is C14H16N4O2S. The minimum atomic E-state index is -0.445. The van der Waals surface area contributed by atoms with E-state index in [-0.39, 0.29) is 5.54 Å². The van der Waals surface area contributed by atoms with Crippen LogP contribution in [0.4, 0.5) is 0 Å². The summed E-state index contributed by atoms with van der Waals surface area (Å²) in [7, 11) is 0. The Morgan fingerprint density at radius 3 is 2.86 bits per heavy atom. The predicted octanol–water partition coefficient (Wildman–Crippen LogP) is 2.32. The van der Waals surface area contributed by atoms with Crippen LogP contribution < -0.4 is 11.2 Å². The van der Waals surface area contributed by atoms with Crippen molar-refractivity contribution in [3.63, 3.8) is 0 Å². The lowest BCUT2D eigenvalue weighted by Gasteiger charge is -2.19. The first-order valence-electron chi connectivity index (χ1n) is 6.59. The van der Waals surface area contributed by atoms with Crippen molar-refractivity contribution in [2.75, 3.05) is 5.75 Å². The molecule has 0 radical (unpaired) electrons. The average Bonchev–Trinajstić information content (AvgIpc) is 2.76. The minimum Gasteiger partial charge on any atom is -0.408 e. The second kappa shape index (κ2) is 5.07. The van der Waals surface area contributed by atoms with E-state index in [9.17, 15) is 4.79 Å². The second-order valence-corrected chi connectivity index (χ2v) is 6.74. The quantitative estimate of drug-likeness (QED) is 0.847. The first-order chi connectivity index (χ1) is 9.90. The number of rotatable bonds is 1. The van der Waals surface area contributed by atoms with Gasteiger partial charge in [-0.05, 0) is 32.9 Å². The second-order valence-electron chi connectivity index (χ2n) is 5.77. The molecule has 1 aromatic heterocycles. The van der Waals surface area contributed by atoms with Crippen LogP contribution in [0.1, 0.15) is 26.3 Å². The molecule has 1 aromatic carbocycles. The van der Waals surface area contributed by atoms with Crippen LogP contribution in [0.2, 0.25) is 0 Å². The molecule has 2 heterocycles. The van der Waals surface area contributed by atoms with E-state index in [1.54, 1.807) is 11.8 Å². The number of nitrogens with one attached hydrogen (secondary N) is 2. The summed E-state index contributed by atoms with van der Waals surface area (Å²) < 4.78 is 5.07. The molecule has 0 unspecified atom stereocenters. The molecule has 0 saturated carbocycles. The topological polar surface area (TPSA) is 82.8 Å². The molecule has 0 saturated heterocycles. The Kier molecular flexibility index (Phi) is 3.36. The molecule has 0 bridgehead atoms. The van der Waals surface area contributed by atoms with Crippen molar-refractivity contribution in [1.29, 1.82) is 0 Å². The summed E-state index contributed by atoms with van der Waals surface area (Å²) in [5.41, 5.74) is 5.91. The number of benzene rings is 1. The van der Waals surface area contributed by atoms with Crippen LogP contribution in [0, 0.1) is 0 Å². The molecule has 110 valence electrons. The lowest BCUT2D eigenvalue weighted by molar-refractivity contribution is 0.555. The van der Waals surface area contributed by atoms with Crippen LogP contribution in [0.3, 0.4) is 0 Å². The number of H-pyrrole nitrogens is 1. The third kappa shape index (κ3) is 3.18. The van der Waals surface area contributed by atoms with E-state index in [0.29, 0.717) is 11.1 Å². The highest BCUT2D eigenvalue weighted by atomic mass is 32.2. The van der Waals surface area contributed by atoms with Crippen molar-refractivity contribution in [2.45, 2.75) is 26.3 Å². The first kappa shape index (κ1) is 13.9. The summed E-state index contributed by atoms with van der Waals surface area (Å²) >= 11 is 1.61. The van der Waals surface area contributed by atoms with Crippen molar-refractivity contribution in [3.8, 4) is 0 Å². The van der Waals surface area contributed by atoms with Gasteiger partial charge in [0.25, 0.3) is 0 Å². The molecule has 7 heteroatoms. The summed E-state index contributed by atoms with van der Waals surface area (Å²) in [5, 5.41) is 5.18. The highest BCUT2D eigenvalue weighted by Crippen LogP contribution is 2.19. The molecule has 21 heavy (non-hydrogen) atoms. The van der Waals surface area contributed by atoms with Gasteiger partial charge in [0.2, 0.25) is 0 Å². The summed E-state index contributed by atoms with van der Waals surface area (Å²) in [6.07, 6.45) is 0. The molecule has 1 aliphatic rings. The third-order valence-electron chi connectivity index (χ3n) is 2.82. The van der Waals surface area contributed by atoms with E-state index in [1.165, 1.54) is 0 Å². The molecule has 3 rings (SSSR count). The molecular weight excluding hydrogens is 288 g/mol. The fourth-order valence-electron chi connectivity index (χ4n) is 1.95. The number of hydrogen-bond donors (Lipinski definition) is 2. The molecule has 0 amide bonds. The Morgan fingerprint density at radius 1 is 1.38 bits per heavy atom. The summed E-state index contributed by atoms with van der Waals surface area (Å²) in [5.74, 6) is 0.280. The fraction of sp³-hybridized carbons (Fsp3) is 0.357. The van der Waals surface area contributed by atoms with E-state index in [1.807, 2.05) is 39.0 Å². The number of aromatic nitrogens is 1. The summed E-state index contributed by atoms with van der Waals surface area (Å²) in [6, 6.07) is 5.56. The van der Waals surface area contributed by atoms with Crippen molar-refractivity contribution in [1.82, 2.24) is 10.4 Å². The van der Waals surface area contributed by atoms with Crippen molar-refractivity contribution < 1.29 is 4.42 Å². The van der Waals surface area contributed by atoms with Gasteiger partial charge in [-0.1, -0.05) is 17.8 Å². The van der Waals surface area contributed by atoms with Gasteiger partial charge in [-0.15, -0.1) is 0 Å². The number of hydrogen-bond acceptors (Lipinski definition) is 5. The fourth-order valence-corrected chi connectivity index (χ4v) is 2.90. The molecule has 0 spiro atoms. The van der Waals surface area contributed by atoms with Gasteiger partial charge in [-0.3, -0.25) is 15.4 Å². The van der Waals surface area contributed by atoms with Gasteiger partial charge in [0.15, 0.2) is 10.8 Å². The third-order valence-corrected chi connectivity index (χ3v) is 3.70. The predicted molar refractivity (Wildman–Crippen MR) is 86.2 cm³/mol. The van der Waals surface area contributed by atoms with E-state index in [2.05, 4.69) is 20.5 Å². The number of aliphatic imine (C=N–C) groups is 1. The van der Waals surface area contributed by atoms with Gasteiger partial charge in [-0.2, -0.15) is 5.10 Å². The molecule has 1 aliphatic heterocycles. The van der Waals surface area contributed by atoms with Crippen molar-refractivity contribution in [2.24, 2.45) is 10.1 Å². The maximum Gasteiger partial charge on any atom is 0.417 e. The number of amidine groups is 1. The Labute approximate surface area is 125 Å². The molecule has 2 aromatic rings. The Bertz CT molecular complexity index is 795. The number of oxazole rings is 1. The zero-order chi connectivity index (χ0) is 15.0. The zero-order valence-corrected chi connectivity index (χ0v) is 12.9. The average molecular weight is 304 g/mol. The molecule has 2 N–H and O–H groups in total. The lowest BCUT2D eigenvalue weighted by Crippen LogP contribution is -2.28. The van der Waals surface area contributed by atoms with E-state index in [4.69, 9.17) is 4.42 Å². The van der Waals surface area contributed by atoms with Gasteiger partial charge >= 0.3 is 5.76 Å². The number of aromatic amines is 1. The molecule has 6 nitrogen and oxygen atoms in total. The van der Waals surface area contributed by atoms with Gasteiger partial charge < -0.3 is 4.42 Å². The summed E-state index contributed by atoms with van der Waals surface area (Å²) in [6.45, 7) is 6.13. The monoisotopic (exact) mass is 304 g/mol. The van der Waals surface area contributed by atoms with Crippen LogP contribution in [-0.2, 0) is 0 Å². The maximum absolute atomic E-state index is 11.2.